The van der Waals surface area contributed by atoms with Crippen LogP contribution in [0.4, 0.5) is 0 Å². The Hall–Kier alpha value is -8.15. The van der Waals surface area contributed by atoms with Crippen molar-refractivity contribution in [3.63, 3.8) is 0 Å². The lowest BCUT2D eigenvalue weighted by molar-refractivity contribution is -0.660. The standard InChI is InChI=1S/C18H24N.C17H22N.C16H20N.C15H18N.C14H16N/c1-14-12-15(13-18(2,3)4)9-10-16(14)17-8-6-7-11-19(17)5;1-13(2)11-15-8-9-16(14(3)12-15)17-7-5-6-10-18(17)4;1-12(2)14-8-9-15(13(3)11-14)16-7-5-6-10-17(16)4;1-4-13-8-9-14(12(2)11-13)15-7-5-6-10-16(15)3;1-11-7-8-13(12(2)10-11)14-6-4-5-9-15(14)3/h6-12H,13H2,1-5H3;5-10,12-13H,11H2,1-4H3;5-12H,1-4H3;5-11H,4H2,1-3H3;4-10H,1-3H3/q5*+1/i;;1D3,12D;2*1D3. The first kappa shape index (κ1) is 52.4. The Bertz CT molecular complexity index is 4090. The molecule has 0 spiro atoms. The van der Waals surface area contributed by atoms with Gasteiger partial charge in [0.25, 0.3) is 0 Å². The van der Waals surface area contributed by atoms with Crippen molar-refractivity contribution in [1.82, 2.24) is 0 Å². The Morgan fingerprint density at radius 2 is 0.741 bits per heavy atom. The monoisotopic (exact) mass is 1140 g/mol. The number of aromatic nitrogens is 5. The minimum atomic E-state index is -2.35. The normalized spacial score (nSPS) is 13.8. The Morgan fingerprint density at radius 1 is 0.400 bits per heavy atom. The summed E-state index contributed by atoms with van der Waals surface area (Å²) in [6.45, 7) is 16.8. The lowest BCUT2D eigenvalue weighted by Crippen LogP contribution is -2.30. The molecule has 5 heteroatoms. The van der Waals surface area contributed by atoms with Crippen LogP contribution >= 0.6 is 0 Å². The van der Waals surface area contributed by atoms with E-state index < -0.39 is 26.4 Å². The largest absolute Gasteiger partial charge is 0.212 e. The fourth-order valence-electron chi connectivity index (χ4n) is 10.6. The average molecular weight is 1140 g/mol. The van der Waals surface area contributed by atoms with Crippen molar-refractivity contribution in [2.75, 3.05) is 0 Å². The van der Waals surface area contributed by atoms with Crippen molar-refractivity contribution in [1.29, 1.82) is 0 Å². The summed E-state index contributed by atoms with van der Waals surface area (Å²) in [5.41, 5.74) is 22.4. The van der Waals surface area contributed by atoms with Gasteiger partial charge in [-0.05, 0) is 189 Å². The van der Waals surface area contributed by atoms with Crippen molar-refractivity contribution < 1.29 is 36.5 Å². The van der Waals surface area contributed by atoms with Crippen LogP contribution in [0.2, 0.25) is 0 Å². The molecule has 5 heterocycles. The summed E-state index contributed by atoms with van der Waals surface area (Å²) >= 11 is 0. The van der Waals surface area contributed by atoms with Crippen LogP contribution in [-0.2, 0) is 54.5 Å². The topological polar surface area (TPSA) is 19.4 Å². The third-order valence-electron chi connectivity index (χ3n) is 15.0. The van der Waals surface area contributed by atoms with E-state index in [0.29, 0.717) is 22.5 Å². The van der Waals surface area contributed by atoms with Gasteiger partial charge in [0, 0.05) is 102 Å². The summed E-state index contributed by atoms with van der Waals surface area (Å²) in [6, 6.07) is 61.0. The second kappa shape index (κ2) is 31.1. The molecule has 0 aliphatic carbocycles. The van der Waals surface area contributed by atoms with Crippen LogP contribution in [0.1, 0.15) is 130 Å². The van der Waals surface area contributed by atoms with Gasteiger partial charge >= 0.3 is 0 Å². The highest BCUT2D eigenvalue weighted by Crippen LogP contribution is 2.28. The van der Waals surface area contributed by atoms with Crippen LogP contribution in [0.15, 0.2) is 213 Å². The number of hydrogen-bond donors (Lipinski definition) is 0. The first-order valence-corrected chi connectivity index (χ1v) is 29.6. The summed E-state index contributed by atoms with van der Waals surface area (Å²) in [7, 11) is 10.1. The van der Waals surface area contributed by atoms with Gasteiger partial charge in [-0.1, -0.05) is 121 Å². The molecule has 0 saturated carbocycles. The summed E-state index contributed by atoms with van der Waals surface area (Å²) in [4.78, 5) is 0. The van der Waals surface area contributed by atoms with Crippen molar-refractivity contribution in [2.45, 2.75) is 122 Å². The zero-order chi connectivity index (χ0) is 70.4. The van der Waals surface area contributed by atoms with Gasteiger partial charge in [0.1, 0.15) is 35.2 Å². The maximum absolute atomic E-state index is 8.17. The second-order valence-electron chi connectivity index (χ2n) is 24.1. The van der Waals surface area contributed by atoms with E-state index >= 15 is 0 Å². The number of rotatable bonds is 10. The van der Waals surface area contributed by atoms with Gasteiger partial charge in [0.05, 0.1) is 0 Å². The quantitative estimate of drug-likeness (QED) is 0.122. The number of aryl methyl sites for hydroxylation is 12. The molecule has 85 heavy (non-hydrogen) atoms. The van der Waals surface area contributed by atoms with Crippen molar-refractivity contribution >= 4 is 0 Å². The zero-order valence-electron chi connectivity index (χ0n) is 63.6. The van der Waals surface area contributed by atoms with Gasteiger partial charge in [0.15, 0.2) is 31.0 Å². The predicted molar refractivity (Wildman–Crippen MR) is 359 cm³/mol. The summed E-state index contributed by atoms with van der Waals surface area (Å²) in [5, 5.41) is 0. The van der Waals surface area contributed by atoms with Gasteiger partial charge in [-0.25, -0.2) is 22.8 Å². The van der Waals surface area contributed by atoms with Gasteiger partial charge in [-0.2, -0.15) is 0 Å². The van der Waals surface area contributed by atoms with E-state index in [0.717, 1.165) is 68.9 Å². The smallest absolute Gasteiger partial charge is 0.201 e. The van der Waals surface area contributed by atoms with Crippen molar-refractivity contribution in [3.05, 3.63) is 269 Å². The van der Waals surface area contributed by atoms with Crippen molar-refractivity contribution in [3.8, 4) is 56.3 Å². The van der Waals surface area contributed by atoms with E-state index in [1.807, 2.05) is 155 Å². The third kappa shape index (κ3) is 19.2. The van der Waals surface area contributed by atoms with Crippen LogP contribution < -0.4 is 22.8 Å². The number of hydrogen-bond acceptors (Lipinski definition) is 0. The molecule has 0 amide bonds. The molecule has 5 aromatic carbocycles. The van der Waals surface area contributed by atoms with E-state index in [-0.39, 0.29) is 6.42 Å². The van der Waals surface area contributed by atoms with Gasteiger partial charge in [0.2, 0.25) is 28.5 Å². The van der Waals surface area contributed by atoms with Crippen LogP contribution in [0, 0.1) is 52.8 Å². The molecular weight excluding hydrogens is 1030 g/mol. The zero-order valence-corrected chi connectivity index (χ0v) is 53.6. The number of nitrogens with zero attached hydrogens (tertiary/aromatic N) is 5. The van der Waals surface area contributed by atoms with E-state index in [4.69, 9.17) is 13.7 Å². The average Bonchev–Trinajstić information content (AvgIpc) is 0.811. The first-order chi connectivity index (χ1) is 44.3. The Balaban J connectivity index is 0.000000188. The van der Waals surface area contributed by atoms with E-state index in [1.54, 1.807) is 18.2 Å². The van der Waals surface area contributed by atoms with E-state index in [1.165, 1.54) is 51.7 Å². The molecule has 10 rings (SSSR count). The molecule has 0 radical (unpaired) electrons. The van der Waals surface area contributed by atoms with Crippen LogP contribution in [-0.4, -0.2) is 0 Å². The molecule has 1 unspecified atom stereocenters. The minimum absolute atomic E-state index is 0.120. The number of pyridine rings is 5. The highest BCUT2D eigenvalue weighted by molar-refractivity contribution is 5.65. The molecule has 0 N–H and O–H groups in total. The molecular formula is C80H100N5+5. The molecule has 1 atom stereocenters. The molecule has 10 aromatic rings. The maximum atomic E-state index is 8.17. The summed E-state index contributed by atoms with van der Waals surface area (Å²) < 4.78 is 85.4. The van der Waals surface area contributed by atoms with Crippen LogP contribution in [0.5, 0.6) is 0 Å². The second-order valence-corrected chi connectivity index (χ2v) is 24.1. The SMILES string of the molecule is Cc1cc(CC(C)(C)C)ccc1-c1cccc[n+]1C.Cc1cc(CC(C)C)ccc1-c1cccc[n+]1C.[2H]C([2H])([2H])C([2H])(C)c1ccc(-c2cccc[n+]2C)c(C)c1.[2H]C([2H])([2H])Cc1ccc(-c2cccc[n+]2C)c(C)c1.[2H]C([2H])([2H])c1ccc(-c2cccc[n+]2C)c(C)c1. The summed E-state index contributed by atoms with van der Waals surface area (Å²) in [6.07, 6.45) is 12.5. The molecule has 5 nitrogen and oxygen atoms in total. The van der Waals surface area contributed by atoms with Crippen LogP contribution in [0.25, 0.3) is 56.3 Å². The lowest BCUT2D eigenvalue weighted by atomic mass is 9.87. The molecule has 5 aromatic heterocycles. The van der Waals surface area contributed by atoms with E-state index in [2.05, 4.69) is 168 Å². The molecule has 0 fully saturated rings. The lowest BCUT2D eigenvalue weighted by Gasteiger charge is -2.18. The van der Waals surface area contributed by atoms with Gasteiger partial charge in [-0.3, -0.25) is 0 Å². The van der Waals surface area contributed by atoms with Crippen LogP contribution in [0.3, 0.4) is 0 Å². The Labute approximate surface area is 527 Å². The molecule has 440 valence electrons. The third-order valence-corrected chi connectivity index (χ3v) is 15.0. The fraction of sp³-hybridized carbons (Fsp3) is 0.312. The summed E-state index contributed by atoms with van der Waals surface area (Å²) in [5.74, 6) is -0.891. The van der Waals surface area contributed by atoms with Gasteiger partial charge in [-0.15, -0.1) is 0 Å². The molecule has 0 saturated heterocycles. The molecule has 0 aliphatic heterocycles. The van der Waals surface area contributed by atoms with Gasteiger partial charge < -0.3 is 0 Å². The first-order valence-electron chi connectivity index (χ1n) is 34.6. The maximum Gasteiger partial charge on any atom is 0.212 e. The van der Waals surface area contributed by atoms with Crippen molar-refractivity contribution in [2.24, 2.45) is 46.6 Å². The highest BCUT2D eigenvalue weighted by Gasteiger charge is 2.18. The highest BCUT2D eigenvalue weighted by atomic mass is 14.9. The predicted octanol–water partition coefficient (Wildman–Crippen LogP) is 17.2. The number of benzene rings is 5. The fourth-order valence-corrected chi connectivity index (χ4v) is 10.6. The molecule has 0 bridgehead atoms. The molecule has 0 aliphatic rings. The Morgan fingerprint density at radius 3 is 1.07 bits per heavy atom. The minimum Gasteiger partial charge on any atom is -0.201 e. The Kier molecular flexibility index (Phi) is 19.2. The van der Waals surface area contributed by atoms with E-state index in [9.17, 15) is 0 Å².